The van der Waals surface area contributed by atoms with Crippen molar-refractivity contribution in [3.63, 3.8) is 0 Å². The van der Waals surface area contributed by atoms with Gasteiger partial charge in [-0.2, -0.15) is 0 Å². The van der Waals surface area contributed by atoms with Crippen LogP contribution in [0.3, 0.4) is 0 Å². The molecule has 0 fully saturated rings. The lowest BCUT2D eigenvalue weighted by Gasteiger charge is -2.16. The smallest absolute Gasteiger partial charge is 0.161 e. The van der Waals surface area contributed by atoms with E-state index in [0.29, 0.717) is 6.04 Å². The fourth-order valence-electron chi connectivity index (χ4n) is 2.78. The molecule has 2 aromatic rings. The van der Waals surface area contributed by atoms with E-state index in [-0.39, 0.29) is 0 Å². The molecule has 1 N–H and O–H groups in total. The largest absolute Gasteiger partial charge is 0.493 e. The van der Waals surface area contributed by atoms with Crippen molar-refractivity contribution in [2.75, 3.05) is 13.7 Å². The molecule has 25 heavy (non-hydrogen) atoms. The number of nitrogens with one attached hydrogen (secondary N) is 1. The average Bonchev–Trinajstić information content (AvgIpc) is 2.67. The van der Waals surface area contributed by atoms with E-state index in [2.05, 4.69) is 55.6 Å². The van der Waals surface area contributed by atoms with E-state index in [1.165, 1.54) is 30.4 Å². The number of benzene rings is 2. The zero-order valence-electron chi connectivity index (χ0n) is 15.8. The van der Waals surface area contributed by atoms with E-state index in [4.69, 9.17) is 9.47 Å². The third kappa shape index (κ3) is 6.43. The van der Waals surface area contributed by atoms with E-state index in [1.807, 2.05) is 12.1 Å². The Balaban J connectivity index is 1.87. The Bertz CT molecular complexity index is 613. The Hall–Kier alpha value is -2.00. The molecule has 3 heteroatoms. The highest BCUT2D eigenvalue weighted by molar-refractivity contribution is 5.43. The quantitative estimate of drug-likeness (QED) is 0.547. The van der Waals surface area contributed by atoms with Crippen LogP contribution >= 0.6 is 0 Å². The van der Waals surface area contributed by atoms with Gasteiger partial charge in [-0.3, -0.25) is 0 Å². The standard InChI is InChI=1S/C22H31NO2/c1-4-5-6-10-15-25-21-14-13-19(16-22(21)24-3)17-23-18(2)20-11-8-7-9-12-20/h7-9,11-14,16,18,23H,4-6,10,15,17H2,1-3H3. The zero-order valence-corrected chi connectivity index (χ0v) is 15.8. The lowest BCUT2D eigenvalue weighted by Crippen LogP contribution is -2.18. The maximum Gasteiger partial charge on any atom is 0.161 e. The average molecular weight is 341 g/mol. The monoisotopic (exact) mass is 341 g/mol. The Kier molecular flexibility index (Phi) is 8.33. The molecule has 3 nitrogen and oxygen atoms in total. The van der Waals surface area contributed by atoms with Crippen LogP contribution in [0.2, 0.25) is 0 Å². The lowest BCUT2D eigenvalue weighted by molar-refractivity contribution is 0.285. The van der Waals surface area contributed by atoms with Crippen molar-refractivity contribution >= 4 is 0 Å². The first-order valence-electron chi connectivity index (χ1n) is 9.32. The minimum absolute atomic E-state index is 0.307. The summed E-state index contributed by atoms with van der Waals surface area (Å²) in [6.07, 6.45) is 4.82. The van der Waals surface area contributed by atoms with Gasteiger partial charge in [-0.15, -0.1) is 0 Å². The van der Waals surface area contributed by atoms with Gasteiger partial charge in [0.1, 0.15) is 0 Å². The molecule has 0 spiro atoms. The van der Waals surface area contributed by atoms with Crippen molar-refractivity contribution in [3.05, 3.63) is 59.7 Å². The van der Waals surface area contributed by atoms with Crippen LogP contribution in [0.5, 0.6) is 11.5 Å². The second-order valence-electron chi connectivity index (χ2n) is 6.41. The first-order valence-corrected chi connectivity index (χ1v) is 9.32. The van der Waals surface area contributed by atoms with Crippen molar-refractivity contribution in [1.29, 1.82) is 0 Å². The normalized spacial score (nSPS) is 12.0. The molecule has 0 saturated carbocycles. The predicted molar refractivity (Wildman–Crippen MR) is 104 cm³/mol. The summed E-state index contributed by atoms with van der Waals surface area (Å²) in [6, 6.07) is 17.0. The molecule has 1 atom stereocenters. The second-order valence-corrected chi connectivity index (χ2v) is 6.41. The van der Waals surface area contributed by atoms with Crippen LogP contribution in [-0.2, 0) is 6.54 Å². The summed E-state index contributed by atoms with van der Waals surface area (Å²) in [5.41, 5.74) is 2.49. The molecule has 0 bridgehead atoms. The van der Waals surface area contributed by atoms with Crippen LogP contribution < -0.4 is 14.8 Å². The van der Waals surface area contributed by atoms with Gasteiger partial charge in [0.05, 0.1) is 13.7 Å². The molecule has 0 radical (unpaired) electrons. The maximum atomic E-state index is 5.88. The molecular weight excluding hydrogens is 310 g/mol. The molecule has 0 aliphatic carbocycles. The SMILES string of the molecule is CCCCCCOc1ccc(CNC(C)c2ccccc2)cc1OC. The molecule has 0 aliphatic rings. The fourth-order valence-corrected chi connectivity index (χ4v) is 2.78. The Labute approximate surface area is 152 Å². The molecule has 136 valence electrons. The minimum atomic E-state index is 0.307. The summed E-state index contributed by atoms with van der Waals surface area (Å²) < 4.78 is 11.4. The van der Waals surface area contributed by atoms with Crippen LogP contribution in [0.4, 0.5) is 0 Å². The Morgan fingerprint density at radius 2 is 1.76 bits per heavy atom. The predicted octanol–water partition coefficient (Wildman–Crippen LogP) is 5.51. The topological polar surface area (TPSA) is 30.5 Å². The molecule has 1 unspecified atom stereocenters. The highest BCUT2D eigenvalue weighted by atomic mass is 16.5. The molecule has 0 amide bonds. The van der Waals surface area contributed by atoms with Crippen molar-refractivity contribution in [2.24, 2.45) is 0 Å². The zero-order chi connectivity index (χ0) is 17.9. The van der Waals surface area contributed by atoms with Crippen molar-refractivity contribution < 1.29 is 9.47 Å². The van der Waals surface area contributed by atoms with Crippen LogP contribution in [0.1, 0.15) is 56.7 Å². The third-order valence-electron chi connectivity index (χ3n) is 4.40. The molecule has 2 aromatic carbocycles. The Morgan fingerprint density at radius 3 is 2.48 bits per heavy atom. The van der Waals surface area contributed by atoms with Crippen molar-refractivity contribution in [2.45, 2.75) is 52.1 Å². The third-order valence-corrected chi connectivity index (χ3v) is 4.40. The van der Waals surface area contributed by atoms with E-state index in [1.54, 1.807) is 7.11 Å². The van der Waals surface area contributed by atoms with Crippen LogP contribution in [0, 0.1) is 0 Å². The number of methoxy groups -OCH3 is 1. The number of hydrogen-bond acceptors (Lipinski definition) is 3. The van der Waals surface area contributed by atoms with Crippen LogP contribution in [0.15, 0.2) is 48.5 Å². The molecule has 0 heterocycles. The summed E-state index contributed by atoms with van der Waals surface area (Å²) in [5, 5.41) is 3.56. The van der Waals surface area contributed by atoms with Gasteiger partial charge in [-0.05, 0) is 36.6 Å². The summed E-state index contributed by atoms with van der Waals surface area (Å²) in [5.74, 6) is 1.64. The minimum Gasteiger partial charge on any atom is -0.493 e. The van der Waals surface area contributed by atoms with E-state index in [9.17, 15) is 0 Å². The van der Waals surface area contributed by atoms with E-state index < -0.39 is 0 Å². The highest BCUT2D eigenvalue weighted by Crippen LogP contribution is 2.28. The van der Waals surface area contributed by atoms with Crippen LogP contribution in [-0.4, -0.2) is 13.7 Å². The lowest BCUT2D eigenvalue weighted by atomic mass is 10.1. The number of rotatable bonds is 11. The van der Waals surface area contributed by atoms with Gasteiger partial charge in [0.2, 0.25) is 0 Å². The molecule has 0 saturated heterocycles. The van der Waals surface area contributed by atoms with Gasteiger partial charge >= 0.3 is 0 Å². The van der Waals surface area contributed by atoms with Gasteiger partial charge in [0.15, 0.2) is 11.5 Å². The van der Waals surface area contributed by atoms with E-state index in [0.717, 1.165) is 31.1 Å². The number of hydrogen-bond donors (Lipinski definition) is 1. The van der Waals surface area contributed by atoms with Gasteiger partial charge in [-0.1, -0.05) is 62.6 Å². The van der Waals surface area contributed by atoms with Crippen LogP contribution in [0.25, 0.3) is 0 Å². The first kappa shape index (κ1) is 19.3. The number of unbranched alkanes of at least 4 members (excludes halogenated alkanes) is 3. The number of ether oxygens (including phenoxy) is 2. The molecule has 0 aromatic heterocycles. The summed E-state index contributed by atoms with van der Waals surface area (Å²) in [7, 11) is 1.70. The van der Waals surface area contributed by atoms with Crippen molar-refractivity contribution in [1.82, 2.24) is 5.32 Å². The first-order chi connectivity index (χ1) is 12.2. The van der Waals surface area contributed by atoms with Gasteiger partial charge in [0.25, 0.3) is 0 Å². The fraction of sp³-hybridized carbons (Fsp3) is 0.455. The van der Waals surface area contributed by atoms with Gasteiger partial charge in [-0.25, -0.2) is 0 Å². The molecule has 2 rings (SSSR count). The molecule has 0 aliphatic heterocycles. The summed E-state index contributed by atoms with van der Waals surface area (Å²) in [4.78, 5) is 0. The van der Waals surface area contributed by atoms with E-state index >= 15 is 0 Å². The molecular formula is C22H31NO2. The van der Waals surface area contributed by atoms with Gasteiger partial charge in [0, 0.05) is 12.6 Å². The van der Waals surface area contributed by atoms with Gasteiger partial charge < -0.3 is 14.8 Å². The highest BCUT2D eigenvalue weighted by Gasteiger charge is 2.08. The van der Waals surface area contributed by atoms with Crippen molar-refractivity contribution in [3.8, 4) is 11.5 Å². The maximum absolute atomic E-state index is 5.88. The summed E-state index contributed by atoms with van der Waals surface area (Å²) >= 11 is 0. The summed E-state index contributed by atoms with van der Waals surface area (Å²) in [6.45, 7) is 5.94. The Morgan fingerprint density at radius 1 is 0.960 bits per heavy atom. The second kappa shape index (κ2) is 10.8.